The number of amides is 1. The standard InChI is InChI=1S/C15H11BrCl2N2O4/c1-8(24-14-5-2-9(17)6-12(14)18)15(21)19-13-7-10(20(22)23)3-4-11(13)16/h2-8H,1H3,(H,19,21). The Morgan fingerprint density at radius 1 is 1.29 bits per heavy atom. The van der Waals surface area contributed by atoms with Crippen LogP contribution in [0.2, 0.25) is 10.0 Å². The predicted octanol–water partition coefficient (Wildman–Crippen LogP) is 5.07. The summed E-state index contributed by atoms with van der Waals surface area (Å²) in [6.07, 6.45) is -0.880. The van der Waals surface area contributed by atoms with Crippen molar-refractivity contribution in [3.63, 3.8) is 0 Å². The van der Waals surface area contributed by atoms with Crippen LogP contribution in [0.25, 0.3) is 0 Å². The minimum Gasteiger partial charge on any atom is -0.479 e. The van der Waals surface area contributed by atoms with E-state index in [1.54, 1.807) is 12.1 Å². The highest BCUT2D eigenvalue weighted by atomic mass is 79.9. The molecule has 0 saturated carbocycles. The normalized spacial score (nSPS) is 11.7. The quantitative estimate of drug-likeness (QED) is 0.527. The van der Waals surface area contributed by atoms with Gasteiger partial charge in [-0.15, -0.1) is 0 Å². The van der Waals surface area contributed by atoms with Crippen LogP contribution in [0.1, 0.15) is 6.92 Å². The van der Waals surface area contributed by atoms with Gasteiger partial charge in [0, 0.05) is 21.6 Å². The maximum Gasteiger partial charge on any atom is 0.271 e. The zero-order chi connectivity index (χ0) is 17.9. The van der Waals surface area contributed by atoms with Crippen molar-refractivity contribution in [2.75, 3.05) is 5.32 Å². The van der Waals surface area contributed by atoms with E-state index in [0.29, 0.717) is 15.2 Å². The molecule has 2 aromatic carbocycles. The Balaban J connectivity index is 2.11. The first-order chi connectivity index (χ1) is 11.3. The average Bonchev–Trinajstić information content (AvgIpc) is 2.51. The maximum atomic E-state index is 12.2. The van der Waals surface area contributed by atoms with Crippen molar-refractivity contribution < 1.29 is 14.5 Å². The number of hydrogen-bond acceptors (Lipinski definition) is 4. The van der Waals surface area contributed by atoms with Gasteiger partial charge in [0.1, 0.15) is 5.75 Å². The lowest BCUT2D eigenvalue weighted by Gasteiger charge is -2.16. The fraction of sp³-hybridized carbons (Fsp3) is 0.133. The maximum absolute atomic E-state index is 12.2. The number of halogens is 3. The van der Waals surface area contributed by atoms with Crippen LogP contribution in [0.5, 0.6) is 5.75 Å². The second-order valence-corrected chi connectivity index (χ2v) is 6.44. The van der Waals surface area contributed by atoms with E-state index in [2.05, 4.69) is 21.2 Å². The Labute approximate surface area is 156 Å². The van der Waals surface area contributed by atoms with Crippen molar-refractivity contribution in [2.45, 2.75) is 13.0 Å². The molecule has 0 aliphatic heterocycles. The van der Waals surface area contributed by atoms with Gasteiger partial charge in [0.2, 0.25) is 0 Å². The molecule has 24 heavy (non-hydrogen) atoms. The Morgan fingerprint density at radius 2 is 2.00 bits per heavy atom. The number of ether oxygens (including phenoxy) is 1. The number of rotatable bonds is 5. The van der Waals surface area contributed by atoms with E-state index in [-0.39, 0.29) is 16.4 Å². The number of non-ortho nitro benzene ring substituents is 1. The van der Waals surface area contributed by atoms with Crippen molar-refractivity contribution in [1.82, 2.24) is 0 Å². The van der Waals surface area contributed by atoms with E-state index in [9.17, 15) is 14.9 Å². The molecule has 0 bridgehead atoms. The number of benzene rings is 2. The number of hydrogen-bond donors (Lipinski definition) is 1. The summed E-state index contributed by atoms with van der Waals surface area (Å²) in [5.41, 5.74) is 0.134. The molecule has 0 heterocycles. The molecule has 0 aliphatic carbocycles. The Morgan fingerprint density at radius 3 is 2.62 bits per heavy atom. The van der Waals surface area contributed by atoms with Crippen molar-refractivity contribution in [1.29, 1.82) is 0 Å². The third kappa shape index (κ3) is 4.59. The molecule has 9 heteroatoms. The molecule has 1 N–H and O–H groups in total. The van der Waals surface area contributed by atoms with Gasteiger partial charge in [-0.05, 0) is 47.1 Å². The van der Waals surface area contributed by atoms with Gasteiger partial charge in [0.25, 0.3) is 11.6 Å². The van der Waals surface area contributed by atoms with Gasteiger partial charge >= 0.3 is 0 Å². The summed E-state index contributed by atoms with van der Waals surface area (Å²) >= 11 is 15.0. The lowest BCUT2D eigenvalue weighted by molar-refractivity contribution is -0.384. The van der Waals surface area contributed by atoms with E-state index in [0.717, 1.165) is 0 Å². The second kappa shape index (κ2) is 7.83. The van der Waals surface area contributed by atoms with Crippen LogP contribution in [0, 0.1) is 10.1 Å². The molecule has 0 spiro atoms. The third-order valence-corrected chi connectivity index (χ3v) is 4.21. The van der Waals surface area contributed by atoms with E-state index in [4.69, 9.17) is 27.9 Å². The number of nitro benzene ring substituents is 1. The molecule has 0 aromatic heterocycles. The molecule has 126 valence electrons. The van der Waals surface area contributed by atoms with Crippen molar-refractivity contribution in [3.05, 3.63) is 61.0 Å². The van der Waals surface area contributed by atoms with Gasteiger partial charge in [-0.1, -0.05) is 23.2 Å². The Kier molecular flexibility index (Phi) is 6.04. The molecule has 0 radical (unpaired) electrons. The van der Waals surface area contributed by atoms with Crippen molar-refractivity contribution >= 4 is 56.4 Å². The molecule has 1 atom stereocenters. The molecule has 1 amide bonds. The lowest BCUT2D eigenvalue weighted by Crippen LogP contribution is -2.30. The number of carbonyl (C=O) groups is 1. The van der Waals surface area contributed by atoms with Gasteiger partial charge in [-0.25, -0.2) is 0 Å². The van der Waals surface area contributed by atoms with E-state index in [1.807, 2.05) is 0 Å². The number of carbonyl (C=O) groups excluding carboxylic acids is 1. The SMILES string of the molecule is CC(Oc1ccc(Cl)cc1Cl)C(=O)Nc1cc([N+](=O)[O-])ccc1Br. The van der Waals surface area contributed by atoms with Crippen molar-refractivity contribution in [2.24, 2.45) is 0 Å². The molecule has 0 aliphatic rings. The van der Waals surface area contributed by atoms with Gasteiger partial charge in [0.05, 0.1) is 15.6 Å². The molecular formula is C15H11BrCl2N2O4. The fourth-order valence-electron chi connectivity index (χ4n) is 1.77. The first-order valence-corrected chi connectivity index (χ1v) is 8.19. The monoisotopic (exact) mass is 432 g/mol. The minimum atomic E-state index is -0.880. The van der Waals surface area contributed by atoms with Gasteiger partial charge in [-0.2, -0.15) is 0 Å². The zero-order valence-corrected chi connectivity index (χ0v) is 15.4. The minimum absolute atomic E-state index is 0.136. The van der Waals surface area contributed by atoms with E-state index in [1.165, 1.54) is 31.2 Å². The summed E-state index contributed by atoms with van der Waals surface area (Å²) in [5.74, 6) is -0.177. The Hall–Kier alpha value is -1.83. The number of nitrogens with zero attached hydrogens (tertiary/aromatic N) is 1. The highest BCUT2D eigenvalue weighted by molar-refractivity contribution is 9.10. The molecular weight excluding hydrogens is 423 g/mol. The van der Waals surface area contributed by atoms with Crippen LogP contribution < -0.4 is 10.1 Å². The summed E-state index contributed by atoms with van der Waals surface area (Å²) < 4.78 is 6.01. The first-order valence-electron chi connectivity index (χ1n) is 6.64. The van der Waals surface area contributed by atoms with E-state index < -0.39 is 16.9 Å². The number of nitrogens with one attached hydrogen (secondary N) is 1. The number of nitro groups is 1. The summed E-state index contributed by atoms with van der Waals surface area (Å²) in [5, 5.41) is 14.1. The molecule has 1 unspecified atom stereocenters. The van der Waals surface area contributed by atoms with Crippen LogP contribution in [0.15, 0.2) is 40.9 Å². The van der Waals surface area contributed by atoms with Crippen LogP contribution in [-0.2, 0) is 4.79 Å². The summed E-state index contributed by atoms with van der Waals surface area (Å²) in [7, 11) is 0. The topological polar surface area (TPSA) is 81.5 Å². The Bertz CT molecular complexity index is 801. The van der Waals surface area contributed by atoms with Gasteiger partial charge in [0.15, 0.2) is 6.10 Å². The van der Waals surface area contributed by atoms with Crippen LogP contribution in [-0.4, -0.2) is 16.9 Å². The number of anilines is 1. The fourth-order valence-corrected chi connectivity index (χ4v) is 2.57. The smallest absolute Gasteiger partial charge is 0.271 e. The molecule has 6 nitrogen and oxygen atoms in total. The second-order valence-electron chi connectivity index (χ2n) is 4.75. The van der Waals surface area contributed by atoms with Crippen LogP contribution in [0.3, 0.4) is 0 Å². The highest BCUT2D eigenvalue weighted by Crippen LogP contribution is 2.29. The molecule has 2 aromatic rings. The predicted molar refractivity (Wildman–Crippen MR) is 96.0 cm³/mol. The molecule has 2 rings (SSSR count). The van der Waals surface area contributed by atoms with Crippen LogP contribution >= 0.6 is 39.1 Å². The summed E-state index contributed by atoms with van der Waals surface area (Å²) in [6.45, 7) is 1.53. The highest BCUT2D eigenvalue weighted by Gasteiger charge is 2.19. The molecule has 0 fully saturated rings. The summed E-state index contributed by atoms with van der Waals surface area (Å²) in [6, 6.07) is 8.70. The van der Waals surface area contributed by atoms with Crippen LogP contribution in [0.4, 0.5) is 11.4 Å². The van der Waals surface area contributed by atoms with Gasteiger partial charge in [-0.3, -0.25) is 14.9 Å². The summed E-state index contributed by atoms with van der Waals surface area (Å²) in [4.78, 5) is 22.5. The zero-order valence-electron chi connectivity index (χ0n) is 12.3. The lowest BCUT2D eigenvalue weighted by atomic mass is 10.2. The largest absolute Gasteiger partial charge is 0.479 e. The first kappa shape index (κ1) is 18.5. The third-order valence-electron chi connectivity index (χ3n) is 2.99. The van der Waals surface area contributed by atoms with E-state index >= 15 is 0 Å². The van der Waals surface area contributed by atoms with Crippen molar-refractivity contribution in [3.8, 4) is 5.75 Å². The van der Waals surface area contributed by atoms with Gasteiger partial charge < -0.3 is 10.1 Å². The average molecular weight is 434 g/mol. The molecule has 0 saturated heterocycles.